The molecule has 2 aromatic rings. The number of benzene rings is 2. The number of carbonyl (C=O) groups excluding carboxylic acids is 1. The number of rotatable bonds is 7. The van der Waals surface area contributed by atoms with Crippen LogP contribution in [0.3, 0.4) is 0 Å². The molecule has 0 aromatic heterocycles. The molecule has 174 valence electrons. The van der Waals surface area contributed by atoms with Gasteiger partial charge in [0.1, 0.15) is 5.75 Å². The summed E-state index contributed by atoms with van der Waals surface area (Å²) >= 11 is 0. The van der Waals surface area contributed by atoms with Gasteiger partial charge in [-0.3, -0.25) is 9.79 Å². The molecule has 1 heterocycles. The molecule has 1 aliphatic heterocycles. The second kappa shape index (κ2) is 11.9. The van der Waals surface area contributed by atoms with E-state index in [4.69, 9.17) is 4.74 Å². The van der Waals surface area contributed by atoms with Crippen LogP contribution in [0.5, 0.6) is 5.75 Å². The second-order valence-corrected chi connectivity index (χ2v) is 7.11. The number of hydrogen-bond donors (Lipinski definition) is 2. The van der Waals surface area contributed by atoms with Gasteiger partial charge < -0.3 is 20.3 Å². The fourth-order valence-corrected chi connectivity index (χ4v) is 3.25. The number of hydrogen-bond acceptors (Lipinski definition) is 3. The number of nitrogens with zero attached hydrogens (tertiary/aromatic N) is 2. The van der Waals surface area contributed by atoms with E-state index < -0.39 is 12.8 Å². The Bertz CT molecular complexity index is 920. The average molecular weight is 562 g/mol. The normalized spacial score (nSPS) is 14.2. The highest BCUT2D eigenvalue weighted by atomic mass is 127. The van der Waals surface area contributed by atoms with Gasteiger partial charge in [-0.25, -0.2) is 0 Å². The number of halogens is 4. The van der Waals surface area contributed by atoms with Gasteiger partial charge in [0.25, 0.3) is 0 Å². The average Bonchev–Trinajstić information content (AvgIpc) is 3.18. The number of anilines is 1. The van der Waals surface area contributed by atoms with Crippen LogP contribution in [0.25, 0.3) is 0 Å². The molecule has 3 rings (SSSR count). The number of aliphatic imine (C=N–C) groups is 1. The first-order valence-electron chi connectivity index (χ1n) is 9.97. The Labute approximate surface area is 202 Å². The van der Waals surface area contributed by atoms with Crippen molar-refractivity contribution < 1.29 is 22.7 Å². The van der Waals surface area contributed by atoms with Crippen LogP contribution in [0.15, 0.2) is 53.5 Å². The fraction of sp³-hybridized carbons (Fsp3) is 0.364. The molecule has 0 aliphatic carbocycles. The molecule has 1 amide bonds. The van der Waals surface area contributed by atoms with Crippen molar-refractivity contribution in [2.24, 2.45) is 4.99 Å². The molecule has 0 bridgehead atoms. The maximum atomic E-state index is 12.4. The van der Waals surface area contributed by atoms with E-state index in [2.05, 4.69) is 15.6 Å². The monoisotopic (exact) mass is 562 g/mol. The molecule has 0 radical (unpaired) electrons. The van der Waals surface area contributed by atoms with Crippen LogP contribution in [0.4, 0.5) is 18.9 Å². The molecular weight excluding hydrogens is 536 g/mol. The third-order valence-corrected chi connectivity index (χ3v) is 4.82. The zero-order valence-electron chi connectivity index (χ0n) is 17.6. The Morgan fingerprint density at radius 3 is 2.41 bits per heavy atom. The highest BCUT2D eigenvalue weighted by molar-refractivity contribution is 14.0. The van der Waals surface area contributed by atoms with Crippen molar-refractivity contribution >= 4 is 41.5 Å². The molecular formula is C22H26F3IN4O2. The number of para-hydroxylation sites is 1. The van der Waals surface area contributed by atoms with E-state index >= 15 is 0 Å². The summed E-state index contributed by atoms with van der Waals surface area (Å²) in [7, 11) is 1.61. The highest BCUT2D eigenvalue weighted by Crippen LogP contribution is 2.23. The van der Waals surface area contributed by atoms with Gasteiger partial charge in [-0.05, 0) is 30.2 Å². The first-order valence-corrected chi connectivity index (χ1v) is 9.97. The summed E-state index contributed by atoms with van der Waals surface area (Å²) in [5.74, 6) is 0.828. The predicted octanol–water partition coefficient (Wildman–Crippen LogP) is 4.24. The lowest BCUT2D eigenvalue weighted by molar-refractivity contribution is -0.153. The van der Waals surface area contributed by atoms with E-state index in [1.54, 1.807) is 30.1 Å². The smallest absolute Gasteiger partial charge is 0.422 e. The Morgan fingerprint density at radius 1 is 1.09 bits per heavy atom. The van der Waals surface area contributed by atoms with Crippen molar-refractivity contribution in [1.29, 1.82) is 0 Å². The van der Waals surface area contributed by atoms with Crippen LogP contribution >= 0.6 is 24.0 Å². The zero-order chi connectivity index (χ0) is 22.3. The Kier molecular flexibility index (Phi) is 9.60. The fourth-order valence-electron chi connectivity index (χ4n) is 3.25. The van der Waals surface area contributed by atoms with E-state index in [0.29, 0.717) is 24.5 Å². The Balaban J connectivity index is 0.00000363. The van der Waals surface area contributed by atoms with Crippen molar-refractivity contribution in [1.82, 2.24) is 10.6 Å². The molecule has 6 nitrogen and oxygen atoms in total. The second-order valence-electron chi connectivity index (χ2n) is 7.11. The minimum Gasteiger partial charge on any atom is -0.484 e. The van der Waals surface area contributed by atoms with Crippen LogP contribution in [-0.2, 0) is 17.9 Å². The maximum absolute atomic E-state index is 12.4. The van der Waals surface area contributed by atoms with Crippen LogP contribution < -0.4 is 20.3 Å². The lowest BCUT2D eigenvalue weighted by Crippen LogP contribution is -2.36. The molecule has 1 fully saturated rings. The number of nitrogens with one attached hydrogen (secondary N) is 2. The van der Waals surface area contributed by atoms with Gasteiger partial charge in [0.05, 0.1) is 0 Å². The number of guanidine groups is 1. The van der Waals surface area contributed by atoms with Gasteiger partial charge in [0.2, 0.25) is 5.91 Å². The number of amides is 1. The van der Waals surface area contributed by atoms with Crippen molar-refractivity contribution in [2.45, 2.75) is 32.1 Å². The largest absolute Gasteiger partial charge is 0.484 e. The summed E-state index contributed by atoms with van der Waals surface area (Å²) in [6, 6.07) is 14.3. The van der Waals surface area contributed by atoms with Crippen molar-refractivity contribution in [3.05, 3.63) is 59.7 Å². The van der Waals surface area contributed by atoms with Gasteiger partial charge in [-0.2, -0.15) is 13.2 Å². The Hall–Kier alpha value is -2.50. The molecule has 0 saturated carbocycles. The Morgan fingerprint density at radius 2 is 1.78 bits per heavy atom. The zero-order valence-corrected chi connectivity index (χ0v) is 19.9. The van der Waals surface area contributed by atoms with Gasteiger partial charge >= 0.3 is 6.18 Å². The molecule has 1 aliphatic rings. The quantitative estimate of drug-likeness (QED) is 0.301. The molecule has 2 aromatic carbocycles. The molecule has 0 spiro atoms. The summed E-state index contributed by atoms with van der Waals surface area (Å²) in [4.78, 5) is 17.8. The van der Waals surface area contributed by atoms with E-state index in [0.717, 1.165) is 24.2 Å². The van der Waals surface area contributed by atoms with Crippen molar-refractivity contribution in [3.8, 4) is 5.75 Å². The van der Waals surface area contributed by atoms with E-state index in [9.17, 15) is 18.0 Å². The first-order chi connectivity index (χ1) is 14.9. The molecule has 0 atom stereocenters. The summed E-state index contributed by atoms with van der Waals surface area (Å²) in [5, 5.41) is 6.25. The standard InChI is InChI=1S/C22H25F3N4O2.HI/c1-26-21(28-14-17-5-2-3-6-19(17)31-15-22(23,24)25)27-13-16-8-10-18(11-9-16)29-12-4-7-20(29)30;/h2-3,5-6,8-11H,4,7,12-15H2,1H3,(H2,26,27,28);1H. The number of carbonyl (C=O) groups is 1. The summed E-state index contributed by atoms with van der Waals surface area (Å²) in [6.07, 6.45) is -2.92. The summed E-state index contributed by atoms with van der Waals surface area (Å²) < 4.78 is 42.2. The molecule has 10 heteroatoms. The van der Waals surface area contributed by atoms with E-state index in [1.165, 1.54) is 6.07 Å². The third kappa shape index (κ3) is 7.57. The van der Waals surface area contributed by atoms with Crippen LogP contribution in [0, 0.1) is 0 Å². The summed E-state index contributed by atoms with van der Waals surface area (Å²) in [5.41, 5.74) is 2.49. The van der Waals surface area contributed by atoms with E-state index in [1.807, 2.05) is 24.3 Å². The SMILES string of the molecule is CN=C(NCc1ccc(N2CCCC2=O)cc1)NCc1ccccc1OCC(F)(F)F.I. The van der Waals surface area contributed by atoms with Gasteiger partial charge in [0.15, 0.2) is 12.6 Å². The van der Waals surface area contributed by atoms with Gasteiger partial charge in [-0.1, -0.05) is 30.3 Å². The van der Waals surface area contributed by atoms with Gasteiger partial charge in [-0.15, -0.1) is 24.0 Å². The third-order valence-electron chi connectivity index (χ3n) is 4.82. The predicted molar refractivity (Wildman–Crippen MR) is 128 cm³/mol. The van der Waals surface area contributed by atoms with E-state index in [-0.39, 0.29) is 42.2 Å². The number of ether oxygens (including phenoxy) is 1. The van der Waals surface area contributed by atoms with Crippen LogP contribution in [-0.4, -0.2) is 38.2 Å². The maximum Gasteiger partial charge on any atom is 0.422 e. The molecule has 2 N–H and O–H groups in total. The topological polar surface area (TPSA) is 66.0 Å². The lowest BCUT2D eigenvalue weighted by atomic mass is 10.2. The first kappa shape index (κ1) is 25.8. The minimum atomic E-state index is -4.39. The highest BCUT2D eigenvalue weighted by Gasteiger charge is 2.28. The van der Waals surface area contributed by atoms with Crippen molar-refractivity contribution in [3.63, 3.8) is 0 Å². The lowest BCUT2D eigenvalue weighted by Gasteiger charge is -2.17. The molecule has 1 saturated heterocycles. The van der Waals surface area contributed by atoms with Crippen LogP contribution in [0.2, 0.25) is 0 Å². The minimum absolute atomic E-state index is 0. The van der Waals surface area contributed by atoms with Crippen molar-refractivity contribution in [2.75, 3.05) is 25.1 Å². The number of alkyl halides is 3. The molecule has 32 heavy (non-hydrogen) atoms. The van der Waals surface area contributed by atoms with Gasteiger partial charge in [0, 0.05) is 44.4 Å². The molecule has 0 unspecified atom stereocenters. The summed E-state index contributed by atoms with van der Waals surface area (Å²) in [6.45, 7) is 0.168. The van der Waals surface area contributed by atoms with Crippen LogP contribution in [0.1, 0.15) is 24.0 Å².